The summed E-state index contributed by atoms with van der Waals surface area (Å²) in [5.74, 6) is 0.962. The normalized spacial score (nSPS) is 12.7. The van der Waals surface area contributed by atoms with Gasteiger partial charge in [0, 0.05) is 40.4 Å². The Labute approximate surface area is 157 Å². The number of fused-ring (bicyclic) bond motifs is 3. The van der Waals surface area contributed by atoms with Crippen LogP contribution in [0.15, 0.2) is 48.5 Å². The number of nitrogens with one attached hydrogen (secondary N) is 1. The van der Waals surface area contributed by atoms with Crippen molar-refractivity contribution in [2.24, 2.45) is 0 Å². The molecular weight excluding hydrogens is 342 g/mol. The Bertz CT molecular complexity index is 973. The summed E-state index contributed by atoms with van der Waals surface area (Å²) in [6.45, 7) is 2.84. The third kappa shape index (κ3) is 3.37. The van der Waals surface area contributed by atoms with E-state index < -0.39 is 0 Å². The van der Waals surface area contributed by atoms with E-state index in [1.54, 1.807) is 6.92 Å². The molecule has 4 heteroatoms. The zero-order valence-electron chi connectivity index (χ0n) is 14.7. The number of benzene rings is 2. The summed E-state index contributed by atoms with van der Waals surface area (Å²) in [5.41, 5.74) is 3.80. The highest BCUT2D eigenvalue weighted by Gasteiger charge is 2.19. The standard InChI is InChI=1S/C22H21NO2S/c1-15(24)23-12-11-18-21(14-16-6-3-2-4-7-16)26-20-10-9-19-17(22(18)20)8-5-13-25-19/h2-10H,11-14H2,1H3,(H,23,24). The summed E-state index contributed by atoms with van der Waals surface area (Å²) >= 11 is 1.85. The number of thiophene rings is 1. The molecule has 4 rings (SSSR count). The summed E-state index contributed by atoms with van der Waals surface area (Å²) < 4.78 is 7.09. The molecule has 1 amide bonds. The van der Waals surface area contributed by atoms with E-state index in [-0.39, 0.29) is 5.91 Å². The third-order valence-electron chi connectivity index (χ3n) is 4.61. The maximum Gasteiger partial charge on any atom is 0.216 e. The van der Waals surface area contributed by atoms with Gasteiger partial charge in [-0.25, -0.2) is 0 Å². The van der Waals surface area contributed by atoms with Crippen molar-refractivity contribution in [2.45, 2.75) is 19.8 Å². The Morgan fingerprint density at radius 3 is 2.85 bits per heavy atom. The molecular formula is C22H21NO2S. The van der Waals surface area contributed by atoms with Gasteiger partial charge >= 0.3 is 0 Å². The van der Waals surface area contributed by atoms with Gasteiger partial charge in [-0.15, -0.1) is 11.3 Å². The van der Waals surface area contributed by atoms with Crippen LogP contribution in [-0.4, -0.2) is 19.1 Å². The molecule has 3 nitrogen and oxygen atoms in total. The maximum atomic E-state index is 11.3. The quantitative estimate of drug-likeness (QED) is 0.721. The molecule has 1 aromatic heterocycles. The molecule has 1 aliphatic rings. The minimum absolute atomic E-state index is 0.0133. The Kier molecular flexibility index (Phi) is 4.76. The molecule has 3 aromatic rings. The van der Waals surface area contributed by atoms with Gasteiger partial charge in [-0.1, -0.05) is 36.4 Å². The van der Waals surface area contributed by atoms with Crippen LogP contribution in [0.2, 0.25) is 0 Å². The Morgan fingerprint density at radius 2 is 2.04 bits per heavy atom. The van der Waals surface area contributed by atoms with Crippen molar-refractivity contribution in [3.63, 3.8) is 0 Å². The molecule has 0 bridgehead atoms. The lowest BCUT2D eigenvalue weighted by Crippen LogP contribution is -2.22. The van der Waals surface area contributed by atoms with E-state index in [0.29, 0.717) is 13.2 Å². The first-order chi connectivity index (χ1) is 12.7. The van der Waals surface area contributed by atoms with Crippen molar-refractivity contribution in [3.05, 3.63) is 70.1 Å². The molecule has 0 saturated carbocycles. The molecule has 0 spiro atoms. The van der Waals surface area contributed by atoms with Gasteiger partial charge in [0.05, 0.1) is 0 Å². The highest BCUT2D eigenvalue weighted by molar-refractivity contribution is 7.19. The van der Waals surface area contributed by atoms with Crippen molar-refractivity contribution in [3.8, 4) is 5.75 Å². The molecule has 1 aliphatic heterocycles. The average Bonchev–Trinajstić information content (AvgIpc) is 3.00. The predicted molar refractivity (Wildman–Crippen MR) is 108 cm³/mol. The zero-order chi connectivity index (χ0) is 17.9. The van der Waals surface area contributed by atoms with Gasteiger partial charge in [-0.3, -0.25) is 4.79 Å². The molecule has 0 saturated heterocycles. The van der Waals surface area contributed by atoms with E-state index in [2.05, 4.69) is 53.9 Å². The van der Waals surface area contributed by atoms with Gasteiger partial charge in [0.25, 0.3) is 0 Å². The minimum atomic E-state index is 0.0133. The monoisotopic (exact) mass is 363 g/mol. The fourth-order valence-corrected chi connectivity index (χ4v) is 4.76. The van der Waals surface area contributed by atoms with Crippen molar-refractivity contribution in [2.75, 3.05) is 13.2 Å². The third-order valence-corrected chi connectivity index (χ3v) is 5.81. The van der Waals surface area contributed by atoms with E-state index in [4.69, 9.17) is 4.74 Å². The van der Waals surface area contributed by atoms with Crippen LogP contribution >= 0.6 is 11.3 Å². The molecule has 0 fully saturated rings. The molecule has 0 atom stereocenters. The van der Waals surface area contributed by atoms with E-state index in [0.717, 1.165) is 18.6 Å². The van der Waals surface area contributed by atoms with Crippen LogP contribution in [0, 0.1) is 0 Å². The molecule has 1 N–H and O–H groups in total. The van der Waals surface area contributed by atoms with Gasteiger partial charge in [0.15, 0.2) is 0 Å². The van der Waals surface area contributed by atoms with Crippen LogP contribution < -0.4 is 10.1 Å². The second-order valence-corrected chi connectivity index (χ2v) is 7.60. The fraction of sp³-hybridized carbons (Fsp3) is 0.227. The number of hydrogen-bond donors (Lipinski definition) is 1. The maximum absolute atomic E-state index is 11.3. The SMILES string of the molecule is CC(=O)NCCc1c(Cc2ccccc2)sc2ccc3c(c12)C=CCO3. The van der Waals surface area contributed by atoms with Crippen molar-refractivity contribution < 1.29 is 9.53 Å². The number of carbonyl (C=O) groups is 1. The van der Waals surface area contributed by atoms with Crippen molar-refractivity contribution in [1.82, 2.24) is 5.32 Å². The van der Waals surface area contributed by atoms with Crippen molar-refractivity contribution >= 4 is 33.4 Å². The van der Waals surface area contributed by atoms with Crippen LogP contribution in [0.3, 0.4) is 0 Å². The molecule has 0 radical (unpaired) electrons. The Hall–Kier alpha value is -2.59. The van der Waals surface area contributed by atoms with Crippen molar-refractivity contribution in [1.29, 1.82) is 0 Å². The first-order valence-electron chi connectivity index (χ1n) is 8.87. The summed E-state index contributed by atoms with van der Waals surface area (Å²) in [6.07, 6.45) is 5.97. The first kappa shape index (κ1) is 16.9. The number of amides is 1. The molecule has 2 heterocycles. The van der Waals surface area contributed by atoms with Crippen LogP contribution in [0.25, 0.3) is 16.2 Å². The van der Waals surface area contributed by atoms with Gasteiger partial charge < -0.3 is 10.1 Å². The predicted octanol–water partition coefficient (Wildman–Crippen LogP) is 4.58. The molecule has 0 aliphatic carbocycles. The summed E-state index contributed by atoms with van der Waals surface area (Å²) in [7, 11) is 0. The molecule has 132 valence electrons. The molecule has 0 unspecified atom stereocenters. The van der Waals surface area contributed by atoms with Gasteiger partial charge in [-0.05, 0) is 35.8 Å². The number of hydrogen-bond acceptors (Lipinski definition) is 3. The first-order valence-corrected chi connectivity index (χ1v) is 9.69. The van der Waals surface area contributed by atoms with Gasteiger partial charge in [0.2, 0.25) is 5.91 Å². The van der Waals surface area contributed by atoms with E-state index in [1.807, 2.05) is 17.4 Å². The van der Waals surface area contributed by atoms with E-state index in [9.17, 15) is 4.79 Å². The number of carbonyl (C=O) groups excluding carboxylic acids is 1. The lowest BCUT2D eigenvalue weighted by molar-refractivity contribution is -0.118. The molecule has 26 heavy (non-hydrogen) atoms. The lowest BCUT2D eigenvalue weighted by Gasteiger charge is -2.14. The second kappa shape index (κ2) is 7.34. The Morgan fingerprint density at radius 1 is 1.19 bits per heavy atom. The van der Waals surface area contributed by atoms with E-state index >= 15 is 0 Å². The highest BCUT2D eigenvalue weighted by atomic mass is 32.1. The largest absolute Gasteiger partial charge is 0.489 e. The summed E-state index contributed by atoms with van der Waals surface area (Å²) in [4.78, 5) is 12.7. The number of rotatable bonds is 5. The topological polar surface area (TPSA) is 38.3 Å². The minimum Gasteiger partial charge on any atom is -0.489 e. The zero-order valence-corrected chi connectivity index (χ0v) is 15.6. The van der Waals surface area contributed by atoms with Crippen LogP contribution in [-0.2, 0) is 17.6 Å². The smallest absolute Gasteiger partial charge is 0.216 e. The average molecular weight is 363 g/mol. The number of ether oxygens (including phenoxy) is 1. The van der Waals surface area contributed by atoms with Gasteiger partial charge in [0.1, 0.15) is 12.4 Å². The van der Waals surface area contributed by atoms with Gasteiger partial charge in [-0.2, -0.15) is 0 Å². The molecule has 2 aromatic carbocycles. The summed E-state index contributed by atoms with van der Waals surface area (Å²) in [5, 5.41) is 4.21. The summed E-state index contributed by atoms with van der Waals surface area (Å²) in [6, 6.07) is 14.8. The van der Waals surface area contributed by atoms with Crippen LogP contribution in [0.1, 0.15) is 28.5 Å². The van der Waals surface area contributed by atoms with Crippen LogP contribution in [0.5, 0.6) is 5.75 Å². The fourth-order valence-electron chi connectivity index (χ4n) is 3.46. The highest BCUT2D eigenvalue weighted by Crippen LogP contribution is 2.40. The Balaban J connectivity index is 1.79. The lowest BCUT2D eigenvalue weighted by atomic mass is 9.98. The van der Waals surface area contributed by atoms with Crippen LogP contribution in [0.4, 0.5) is 0 Å². The second-order valence-electron chi connectivity index (χ2n) is 6.46. The van der Waals surface area contributed by atoms with E-state index in [1.165, 1.54) is 31.7 Å².